The van der Waals surface area contributed by atoms with Crippen LogP contribution in [0, 0.1) is 12.8 Å². The Morgan fingerprint density at radius 1 is 1.00 bits per heavy atom. The summed E-state index contributed by atoms with van der Waals surface area (Å²) in [5, 5.41) is 9.90. The molecule has 0 aliphatic carbocycles. The molecule has 2 heterocycles. The summed E-state index contributed by atoms with van der Waals surface area (Å²) in [6.07, 6.45) is 1.73. The summed E-state index contributed by atoms with van der Waals surface area (Å²) in [5.74, 6) is 2.14. The van der Waals surface area contributed by atoms with Crippen LogP contribution in [0.1, 0.15) is 68.4 Å². The number of benzene rings is 3. The number of aromatic nitrogens is 1. The number of carbonyl (C=O) groups is 3. The largest absolute Gasteiger partial charge is 0.543 e. The van der Waals surface area contributed by atoms with Crippen molar-refractivity contribution in [3.8, 4) is 23.0 Å². The molecule has 288 valence electrons. The highest BCUT2D eigenvalue weighted by Crippen LogP contribution is 2.37. The van der Waals surface area contributed by atoms with E-state index in [2.05, 4.69) is 38.8 Å². The topological polar surface area (TPSA) is 128 Å². The van der Waals surface area contributed by atoms with E-state index in [1.807, 2.05) is 87.5 Å². The molecule has 0 radical (unpaired) electrons. The van der Waals surface area contributed by atoms with Crippen LogP contribution in [-0.4, -0.2) is 68.0 Å². The molecule has 1 N–H and O–H groups in total. The van der Waals surface area contributed by atoms with Gasteiger partial charge in [-0.15, -0.1) is 0 Å². The van der Waals surface area contributed by atoms with Crippen molar-refractivity contribution >= 4 is 26.7 Å². The van der Waals surface area contributed by atoms with Crippen LogP contribution in [0.5, 0.6) is 11.5 Å². The second kappa shape index (κ2) is 18.7. The first kappa shape index (κ1) is 41.6. The molecular formula is C43H54N2O8Si. The number of amides is 1. The van der Waals surface area contributed by atoms with E-state index in [1.54, 1.807) is 17.0 Å². The van der Waals surface area contributed by atoms with Crippen LogP contribution < -0.4 is 9.16 Å². The summed E-state index contributed by atoms with van der Waals surface area (Å²) >= 11 is 0. The molecule has 54 heavy (non-hydrogen) atoms. The molecule has 10 nitrogen and oxygen atoms in total. The zero-order valence-corrected chi connectivity index (χ0v) is 33.8. The van der Waals surface area contributed by atoms with Gasteiger partial charge in [0.1, 0.15) is 23.5 Å². The summed E-state index contributed by atoms with van der Waals surface area (Å²) in [5.41, 5.74) is 4.42. The number of nitrogens with zero attached hydrogens (tertiary/aromatic N) is 2. The van der Waals surface area contributed by atoms with Crippen molar-refractivity contribution < 1.29 is 37.8 Å². The SMILES string of the molecule is CC(C)(C)[Si](C)(C)Oc1cccc(C=O)c1.Cc1oc(-c2ccccc2)nc1CCOc1cccc(CC2=C(C(=O)O)CCN(C(=O)OCC(C)C)C2)c1. The third kappa shape index (κ3) is 11.9. The zero-order valence-electron chi connectivity index (χ0n) is 32.8. The Bertz CT molecular complexity index is 1910. The van der Waals surface area contributed by atoms with Gasteiger partial charge in [-0.2, -0.15) is 0 Å². The van der Waals surface area contributed by atoms with E-state index in [0.717, 1.165) is 34.6 Å². The molecule has 1 aliphatic heterocycles. The Morgan fingerprint density at radius 3 is 2.37 bits per heavy atom. The van der Waals surface area contributed by atoms with Gasteiger partial charge in [0.2, 0.25) is 14.2 Å². The van der Waals surface area contributed by atoms with E-state index in [0.29, 0.717) is 67.4 Å². The lowest BCUT2D eigenvalue weighted by molar-refractivity contribution is -0.133. The molecule has 3 aromatic carbocycles. The van der Waals surface area contributed by atoms with Gasteiger partial charge >= 0.3 is 12.1 Å². The number of ether oxygens (including phenoxy) is 2. The molecule has 0 bridgehead atoms. The summed E-state index contributed by atoms with van der Waals surface area (Å²) < 4.78 is 23.3. The smallest absolute Gasteiger partial charge is 0.410 e. The zero-order chi connectivity index (χ0) is 39.5. The normalized spacial score (nSPS) is 13.2. The van der Waals surface area contributed by atoms with Crippen LogP contribution in [0.4, 0.5) is 4.79 Å². The van der Waals surface area contributed by atoms with E-state index in [1.165, 1.54) is 0 Å². The monoisotopic (exact) mass is 754 g/mol. The maximum Gasteiger partial charge on any atom is 0.410 e. The van der Waals surface area contributed by atoms with Gasteiger partial charge in [-0.3, -0.25) is 4.79 Å². The van der Waals surface area contributed by atoms with Crippen molar-refractivity contribution in [2.45, 2.75) is 78.9 Å². The minimum absolute atomic E-state index is 0.171. The first-order valence-electron chi connectivity index (χ1n) is 18.4. The van der Waals surface area contributed by atoms with Gasteiger partial charge in [0, 0.05) is 36.2 Å². The fourth-order valence-electron chi connectivity index (χ4n) is 5.45. The molecule has 1 amide bonds. The molecule has 1 aromatic heterocycles. The number of carboxylic acid groups (broad SMARTS) is 1. The fourth-order valence-corrected chi connectivity index (χ4v) is 6.48. The fraction of sp³-hybridized carbons (Fsp3) is 0.395. The molecule has 0 atom stereocenters. The molecule has 4 aromatic rings. The Hall–Kier alpha value is -5.16. The molecular weight excluding hydrogens is 701 g/mol. The van der Waals surface area contributed by atoms with Crippen molar-refractivity contribution in [2.75, 3.05) is 26.3 Å². The minimum atomic E-state index is -1.80. The average Bonchev–Trinajstić information content (AvgIpc) is 3.50. The minimum Gasteiger partial charge on any atom is -0.543 e. The number of aldehydes is 1. The molecule has 11 heteroatoms. The molecule has 0 fully saturated rings. The Labute approximate surface area is 320 Å². The third-order valence-corrected chi connectivity index (χ3v) is 13.9. The van der Waals surface area contributed by atoms with Crippen LogP contribution in [-0.2, 0) is 22.4 Å². The predicted molar refractivity (Wildman–Crippen MR) is 213 cm³/mol. The molecule has 0 spiro atoms. The lowest BCUT2D eigenvalue weighted by atomic mass is 9.94. The van der Waals surface area contributed by atoms with E-state index in [9.17, 15) is 19.5 Å². The lowest BCUT2D eigenvalue weighted by Gasteiger charge is -2.36. The number of rotatable bonds is 13. The summed E-state index contributed by atoms with van der Waals surface area (Å²) in [6, 6.07) is 24.7. The van der Waals surface area contributed by atoms with Crippen LogP contribution in [0.2, 0.25) is 18.1 Å². The van der Waals surface area contributed by atoms with Gasteiger partial charge in [-0.25, -0.2) is 14.6 Å². The lowest BCUT2D eigenvalue weighted by Crippen LogP contribution is -2.43. The van der Waals surface area contributed by atoms with Gasteiger partial charge in [-0.05, 0) is 91.4 Å². The van der Waals surface area contributed by atoms with Crippen molar-refractivity contribution in [3.63, 3.8) is 0 Å². The van der Waals surface area contributed by atoms with Crippen LogP contribution in [0.15, 0.2) is 94.4 Å². The van der Waals surface area contributed by atoms with Gasteiger partial charge < -0.3 is 28.3 Å². The first-order valence-corrected chi connectivity index (χ1v) is 21.3. The maximum absolute atomic E-state index is 12.5. The number of aryl methyl sites for hydroxylation is 1. The van der Waals surface area contributed by atoms with E-state index >= 15 is 0 Å². The predicted octanol–water partition coefficient (Wildman–Crippen LogP) is 9.58. The summed E-state index contributed by atoms with van der Waals surface area (Å²) in [6.45, 7) is 18.1. The highest BCUT2D eigenvalue weighted by molar-refractivity contribution is 6.74. The van der Waals surface area contributed by atoms with Gasteiger partial charge in [0.15, 0.2) is 0 Å². The quantitative estimate of drug-likeness (QED) is 0.105. The molecule has 0 saturated carbocycles. The Kier molecular flexibility index (Phi) is 14.4. The van der Waals surface area contributed by atoms with Crippen molar-refractivity contribution in [2.24, 2.45) is 5.92 Å². The molecule has 1 aliphatic rings. The van der Waals surface area contributed by atoms with Gasteiger partial charge in [0.25, 0.3) is 0 Å². The highest BCUT2D eigenvalue weighted by Gasteiger charge is 2.39. The van der Waals surface area contributed by atoms with E-state index in [-0.39, 0.29) is 17.5 Å². The Morgan fingerprint density at radius 2 is 1.70 bits per heavy atom. The van der Waals surface area contributed by atoms with Crippen molar-refractivity contribution in [3.05, 3.63) is 113 Å². The van der Waals surface area contributed by atoms with Gasteiger partial charge in [0.05, 0.1) is 18.9 Å². The highest BCUT2D eigenvalue weighted by atomic mass is 28.4. The van der Waals surface area contributed by atoms with Crippen LogP contribution in [0.3, 0.4) is 0 Å². The number of hydrogen-bond donors (Lipinski definition) is 1. The van der Waals surface area contributed by atoms with E-state index < -0.39 is 20.4 Å². The van der Waals surface area contributed by atoms with Crippen LogP contribution in [0.25, 0.3) is 11.5 Å². The van der Waals surface area contributed by atoms with Crippen molar-refractivity contribution in [1.29, 1.82) is 0 Å². The van der Waals surface area contributed by atoms with Gasteiger partial charge in [-0.1, -0.05) is 77.1 Å². The number of carbonyl (C=O) groups excluding carboxylic acids is 2. The second-order valence-corrected chi connectivity index (χ2v) is 20.1. The third-order valence-electron chi connectivity index (χ3n) is 9.51. The van der Waals surface area contributed by atoms with Crippen LogP contribution >= 0.6 is 0 Å². The van der Waals surface area contributed by atoms with Crippen molar-refractivity contribution in [1.82, 2.24) is 9.88 Å². The standard InChI is InChI=1S/C30H34N2O6.C13H20O2Si/c1-20(2)19-37-30(35)32-14-12-26(29(33)34)24(18-32)16-22-8-7-11-25(17-22)36-15-13-27-21(3)38-28(31-27)23-9-5-4-6-10-23;1-13(2,3)16(4,5)15-12-8-6-7-11(9-12)10-14/h4-11,17,20H,12-16,18-19H2,1-3H3,(H,33,34);6-10H,1-5H3. The maximum atomic E-state index is 12.5. The molecule has 0 saturated heterocycles. The number of aliphatic carboxylic acids is 1. The Balaban J connectivity index is 0.000000340. The van der Waals surface area contributed by atoms with E-state index in [4.69, 9.17) is 18.3 Å². The summed E-state index contributed by atoms with van der Waals surface area (Å²) in [4.78, 5) is 41.2. The molecule has 5 rings (SSSR count). The number of hydrogen-bond acceptors (Lipinski definition) is 8. The molecule has 0 unspecified atom stereocenters. The average molecular weight is 755 g/mol. The number of oxazole rings is 1. The second-order valence-electron chi connectivity index (χ2n) is 15.4. The number of carboxylic acids is 1. The first-order chi connectivity index (χ1) is 25.6. The summed E-state index contributed by atoms with van der Waals surface area (Å²) in [7, 11) is -1.80.